The molecule has 12 nitrogen and oxygen atoms in total. The zero-order chi connectivity index (χ0) is 33.3. The number of H-pyrrole nitrogens is 2. The van der Waals surface area contributed by atoms with Crippen molar-refractivity contribution in [2.24, 2.45) is 5.92 Å². The number of hydrogen-bond donors (Lipinski definition) is 4. The zero-order valence-corrected chi connectivity index (χ0v) is 27.6. The summed E-state index contributed by atoms with van der Waals surface area (Å²) < 4.78 is 16.7. The average molecular weight is 654 g/mol. The summed E-state index contributed by atoms with van der Waals surface area (Å²) in [5.41, 5.74) is 6.15. The monoisotopic (exact) mass is 653 g/mol. The molecule has 3 aliphatic heterocycles. The number of ether oxygens (including phenoxy) is 3. The highest BCUT2D eigenvalue weighted by molar-refractivity contribution is 5.86. The number of carbonyl (C=O) groups is 2. The van der Waals surface area contributed by atoms with Gasteiger partial charge in [0, 0.05) is 13.0 Å². The summed E-state index contributed by atoms with van der Waals surface area (Å²) in [5.74, 6) is 0.898. The lowest BCUT2D eigenvalue weighted by atomic mass is 10.0. The lowest BCUT2D eigenvalue weighted by Crippen LogP contribution is -2.51. The molecule has 4 N–H and O–H groups in total. The van der Waals surface area contributed by atoms with Gasteiger partial charge in [0.15, 0.2) is 5.79 Å². The number of rotatable bonds is 8. The van der Waals surface area contributed by atoms with E-state index in [1.165, 1.54) is 7.11 Å². The van der Waals surface area contributed by atoms with E-state index < -0.39 is 17.9 Å². The van der Waals surface area contributed by atoms with E-state index in [2.05, 4.69) is 79.1 Å². The number of aromatic nitrogens is 4. The number of nitrogens with zero attached hydrogens (tertiary/aromatic N) is 3. The number of amides is 2. The topological polar surface area (TPSA) is 146 Å². The fraction of sp³-hybridized carbons (Fsp3) is 0.444. The maximum absolute atomic E-state index is 13.5. The molecule has 2 aromatic heterocycles. The van der Waals surface area contributed by atoms with Crippen LogP contribution in [0.25, 0.3) is 33.6 Å². The van der Waals surface area contributed by atoms with Gasteiger partial charge in [-0.2, -0.15) is 0 Å². The summed E-state index contributed by atoms with van der Waals surface area (Å²) in [4.78, 5) is 43.5. The number of carbonyl (C=O) groups excluding carboxylic acids is 2. The smallest absolute Gasteiger partial charge is 0.407 e. The largest absolute Gasteiger partial charge is 0.453 e. The van der Waals surface area contributed by atoms with Crippen molar-refractivity contribution in [3.8, 4) is 33.6 Å². The second-order valence-electron chi connectivity index (χ2n) is 13.2. The van der Waals surface area contributed by atoms with Crippen LogP contribution < -0.4 is 10.6 Å². The first kappa shape index (κ1) is 32.0. The Hall–Kier alpha value is -4.52. The maximum Gasteiger partial charge on any atom is 0.407 e. The first-order valence-electron chi connectivity index (χ1n) is 16.8. The Bertz CT molecular complexity index is 1730. The van der Waals surface area contributed by atoms with E-state index in [4.69, 9.17) is 14.2 Å². The standard InChI is InChI=1S/C36H43N7O5/c1-22(2)31(42-35(45)46-3)34(44)43-15-4-6-30(43)33-38-20-29(41-33)26-13-9-24(10-14-26)23-7-11-25(12-8-23)28-19-37-32(40-28)27-18-36(21-39-27)47-16-5-17-48-36/h7-14,19-20,22,27,30-31,39H,4-6,15-18,21H2,1-3H3,(H,37,40)(H,38,41)(H,42,45). The van der Waals surface area contributed by atoms with E-state index in [-0.39, 0.29) is 23.9 Å². The van der Waals surface area contributed by atoms with Gasteiger partial charge in [-0.25, -0.2) is 14.8 Å². The predicted molar refractivity (Wildman–Crippen MR) is 180 cm³/mol. The Morgan fingerprint density at radius 3 is 2.08 bits per heavy atom. The molecule has 12 heteroatoms. The third-order valence-corrected chi connectivity index (χ3v) is 9.64. The summed E-state index contributed by atoms with van der Waals surface area (Å²) in [6.07, 6.45) is 6.44. The van der Waals surface area contributed by atoms with Crippen molar-refractivity contribution in [3.05, 3.63) is 72.6 Å². The van der Waals surface area contributed by atoms with Crippen LogP contribution in [0.15, 0.2) is 60.9 Å². The molecular weight excluding hydrogens is 610 g/mol. The molecule has 2 aromatic carbocycles. The highest BCUT2D eigenvalue weighted by Crippen LogP contribution is 2.36. The maximum atomic E-state index is 13.5. The van der Waals surface area contributed by atoms with Gasteiger partial charge in [-0.15, -0.1) is 0 Å². The van der Waals surface area contributed by atoms with Crippen molar-refractivity contribution in [1.82, 2.24) is 35.5 Å². The summed E-state index contributed by atoms with van der Waals surface area (Å²) in [7, 11) is 1.30. The zero-order valence-electron chi connectivity index (χ0n) is 27.6. The first-order valence-corrected chi connectivity index (χ1v) is 16.8. The van der Waals surface area contributed by atoms with Crippen LogP contribution in [0.1, 0.15) is 63.3 Å². The molecule has 3 unspecified atom stereocenters. The number of aromatic amines is 2. The molecule has 0 aliphatic carbocycles. The van der Waals surface area contributed by atoms with Gasteiger partial charge >= 0.3 is 6.09 Å². The van der Waals surface area contributed by atoms with Gasteiger partial charge in [0.05, 0.1) is 62.7 Å². The Labute approximate surface area is 280 Å². The Kier molecular flexibility index (Phi) is 9.04. The SMILES string of the molecule is COC(=O)NC(C(=O)N1CCCC1c1ncc(-c2ccc(-c3ccc(-c4cnc(C5CC6(CN5)OCCCO6)[nH]4)cc3)cc2)[nH]1)C(C)C. The Morgan fingerprint density at radius 2 is 1.48 bits per heavy atom. The minimum Gasteiger partial charge on any atom is -0.453 e. The number of nitrogens with one attached hydrogen (secondary N) is 4. The molecule has 3 aliphatic rings. The summed E-state index contributed by atoms with van der Waals surface area (Å²) >= 11 is 0. The lowest BCUT2D eigenvalue weighted by Gasteiger charge is -2.32. The molecule has 48 heavy (non-hydrogen) atoms. The second-order valence-corrected chi connectivity index (χ2v) is 13.2. The van der Waals surface area contributed by atoms with Gasteiger partial charge in [-0.1, -0.05) is 62.4 Å². The van der Waals surface area contributed by atoms with E-state index in [0.717, 1.165) is 84.2 Å². The van der Waals surface area contributed by atoms with E-state index in [1.807, 2.05) is 31.1 Å². The molecule has 0 radical (unpaired) electrons. The van der Waals surface area contributed by atoms with Gasteiger partial charge in [-0.05, 0) is 47.4 Å². The van der Waals surface area contributed by atoms with Gasteiger partial charge in [0.1, 0.15) is 17.7 Å². The highest BCUT2D eigenvalue weighted by Gasteiger charge is 2.44. The van der Waals surface area contributed by atoms with Gasteiger partial charge in [0.2, 0.25) is 5.91 Å². The Morgan fingerprint density at radius 1 is 0.896 bits per heavy atom. The van der Waals surface area contributed by atoms with Gasteiger partial charge in [-0.3, -0.25) is 4.79 Å². The van der Waals surface area contributed by atoms with E-state index in [9.17, 15) is 9.59 Å². The average Bonchev–Trinajstić information content (AvgIpc) is 3.94. The van der Waals surface area contributed by atoms with Crippen LogP contribution in [-0.4, -0.2) is 82.1 Å². The summed E-state index contributed by atoms with van der Waals surface area (Å²) in [6.45, 7) is 6.57. The van der Waals surface area contributed by atoms with Crippen LogP contribution in [0.4, 0.5) is 4.79 Å². The second kappa shape index (κ2) is 13.5. The lowest BCUT2D eigenvalue weighted by molar-refractivity contribution is -0.255. The van der Waals surface area contributed by atoms with Crippen molar-refractivity contribution in [2.75, 3.05) is 33.4 Å². The molecular formula is C36H43N7O5. The molecule has 5 heterocycles. The molecule has 3 saturated heterocycles. The van der Waals surface area contributed by atoms with E-state index in [1.54, 1.807) is 0 Å². The summed E-state index contributed by atoms with van der Waals surface area (Å²) in [6, 6.07) is 16.0. The quantitative estimate of drug-likeness (QED) is 0.199. The number of benzene rings is 2. The van der Waals surface area contributed by atoms with Crippen molar-refractivity contribution < 1.29 is 23.8 Å². The molecule has 3 atom stereocenters. The minimum absolute atomic E-state index is 0.0627. The normalized spacial score (nSPS) is 21.1. The van der Waals surface area contributed by atoms with Crippen LogP contribution in [0.3, 0.4) is 0 Å². The molecule has 1 spiro atoms. The van der Waals surface area contributed by atoms with Crippen LogP contribution in [0, 0.1) is 5.92 Å². The molecule has 252 valence electrons. The van der Waals surface area contributed by atoms with Crippen molar-refractivity contribution in [2.45, 2.75) is 63.4 Å². The van der Waals surface area contributed by atoms with Crippen molar-refractivity contribution >= 4 is 12.0 Å². The predicted octanol–water partition coefficient (Wildman–Crippen LogP) is 5.35. The fourth-order valence-electron chi connectivity index (χ4n) is 6.95. The minimum atomic E-state index is -0.666. The van der Waals surface area contributed by atoms with Crippen LogP contribution >= 0.6 is 0 Å². The number of hydrogen-bond acceptors (Lipinski definition) is 8. The number of likely N-dealkylation sites (tertiary alicyclic amines) is 1. The van der Waals surface area contributed by atoms with Crippen LogP contribution in [0.5, 0.6) is 0 Å². The first-order chi connectivity index (χ1) is 23.3. The van der Waals surface area contributed by atoms with Gasteiger partial charge < -0.3 is 39.7 Å². The molecule has 2 amide bonds. The van der Waals surface area contributed by atoms with E-state index in [0.29, 0.717) is 13.1 Å². The van der Waals surface area contributed by atoms with E-state index >= 15 is 0 Å². The highest BCUT2D eigenvalue weighted by atomic mass is 16.7. The number of methoxy groups -OCH3 is 1. The molecule has 4 aromatic rings. The molecule has 0 bridgehead atoms. The molecule has 3 fully saturated rings. The molecule has 7 rings (SSSR count). The third-order valence-electron chi connectivity index (χ3n) is 9.64. The third kappa shape index (κ3) is 6.47. The molecule has 0 saturated carbocycles. The Balaban J connectivity index is 0.996. The summed E-state index contributed by atoms with van der Waals surface area (Å²) in [5, 5.41) is 6.20. The van der Waals surface area contributed by atoms with Gasteiger partial charge in [0.25, 0.3) is 0 Å². The van der Waals surface area contributed by atoms with Crippen LogP contribution in [-0.2, 0) is 19.0 Å². The van der Waals surface area contributed by atoms with Crippen molar-refractivity contribution in [3.63, 3.8) is 0 Å². The number of imidazole rings is 2. The van der Waals surface area contributed by atoms with Crippen molar-refractivity contribution in [1.29, 1.82) is 0 Å². The van der Waals surface area contributed by atoms with Crippen LogP contribution in [0.2, 0.25) is 0 Å². The fourth-order valence-corrected chi connectivity index (χ4v) is 6.95. The number of alkyl carbamates (subject to hydrolysis) is 1.